The normalized spacial score (nSPS) is 24.9. The molecule has 0 aromatic carbocycles. The van der Waals surface area contributed by atoms with Gasteiger partial charge >= 0.3 is 0 Å². The number of carbonyl (C=O) groups excluding carboxylic acids is 2. The molecular formula is C23H31Cl2NO4. The zero-order chi connectivity index (χ0) is 22.3. The van der Waals surface area contributed by atoms with Crippen LogP contribution in [0.2, 0.25) is 0 Å². The highest BCUT2D eigenvalue weighted by molar-refractivity contribution is 6.55. The van der Waals surface area contributed by atoms with Gasteiger partial charge in [-0.25, -0.2) is 0 Å². The van der Waals surface area contributed by atoms with Crippen LogP contribution in [-0.2, 0) is 14.3 Å². The van der Waals surface area contributed by atoms with Gasteiger partial charge in [0.1, 0.15) is 5.60 Å². The zero-order valence-electron chi connectivity index (χ0n) is 17.8. The summed E-state index contributed by atoms with van der Waals surface area (Å²) in [5.41, 5.74) is -0.0883. The third-order valence-electron chi connectivity index (χ3n) is 5.28. The van der Waals surface area contributed by atoms with Crippen molar-refractivity contribution >= 4 is 34.9 Å². The minimum Gasteiger partial charge on any atom is -0.366 e. The van der Waals surface area contributed by atoms with E-state index in [4.69, 9.17) is 27.9 Å². The van der Waals surface area contributed by atoms with Crippen molar-refractivity contribution in [3.8, 4) is 0 Å². The maximum atomic E-state index is 12.3. The quantitative estimate of drug-likeness (QED) is 0.295. The van der Waals surface area contributed by atoms with Crippen LogP contribution in [0.3, 0.4) is 0 Å². The standard InChI is InChI=1S/C23H31Cl2NO4/c1-4-5-6-7-8-15(2)11-16(3)9-10-20(27)26-19-14-23(30-22(19)29)12-17(24)21(28)18(25)13-23/h9-13,15,19,22,29H,4-8,14H2,1-3H3,(H,26,27)/b10-9+,16-11+/t15?,19-,22?/m0/s1. The largest absolute Gasteiger partial charge is 0.366 e. The van der Waals surface area contributed by atoms with Crippen molar-refractivity contribution in [2.75, 3.05) is 0 Å². The molecule has 30 heavy (non-hydrogen) atoms. The Morgan fingerprint density at radius 1 is 1.30 bits per heavy atom. The van der Waals surface area contributed by atoms with Crippen molar-refractivity contribution < 1.29 is 19.4 Å². The molecule has 2 unspecified atom stereocenters. The average Bonchev–Trinajstić information content (AvgIpc) is 2.96. The van der Waals surface area contributed by atoms with Gasteiger partial charge in [0.15, 0.2) is 6.29 Å². The number of ether oxygens (including phenoxy) is 1. The van der Waals surface area contributed by atoms with E-state index in [1.165, 1.54) is 43.9 Å². The van der Waals surface area contributed by atoms with Crippen molar-refractivity contribution in [1.82, 2.24) is 5.32 Å². The lowest BCUT2D eigenvalue weighted by atomic mass is 9.92. The summed E-state index contributed by atoms with van der Waals surface area (Å²) in [6, 6.07) is -0.654. The van der Waals surface area contributed by atoms with Crippen LogP contribution in [0.15, 0.2) is 46.0 Å². The summed E-state index contributed by atoms with van der Waals surface area (Å²) in [5.74, 6) is -0.360. The number of Topliss-reactive ketones (excluding diaryl/α,β-unsaturated/α-hetero) is 1. The van der Waals surface area contributed by atoms with E-state index in [2.05, 4.69) is 25.2 Å². The fourth-order valence-electron chi connectivity index (χ4n) is 3.74. The number of hydrogen-bond acceptors (Lipinski definition) is 4. The second-order valence-electron chi connectivity index (χ2n) is 8.17. The minimum absolute atomic E-state index is 0.0638. The molecule has 5 nitrogen and oxygen atoms in total. The van der Waals surface area contributed by atoms with Crippen LogP contribution in [0, 0.1) is 5.92 Å². The van der Waals surface area contributed by atoms with E-state index in [1.807, 2.05) is 6.92 Å². The Kier molecular flexibility index (Phi) is 9.35. The summed E-state index contributed by atoms with van der Waals surface area (Å²) in [7, 11) is 0. The van der Waals surface area contributed by atoms with Crippen LogP contribution in [-0.4, -0.2) is 34.7 Å². The Bertz CT molecular complexity index is 747. The molecule has 2 aliphatic rings. The van der Waals surface area contributed by atoms with Crippen molar-refractivity contribution in [3.63, 3.8) is 0 Å². The number of amides is 1. The molecule has 1 saturated heterocycles. The summed E-state index contributed by atoms with van der Waals surface area (Å²) in [6.45, 7) is 6.35. The van der Waals surface area contributed by atoms with Gasteiger partial charge in [0.25, 0.3) is 0 Å². The topological polar surface area (TPSA) is 75.6 Å². The fourth-order valence-corrected chi connectivity index (χ4v) is 4.36. The van der Waals surface area contributed by atoms with E-state index in [9.17, 15) is 14.7 Å². The van der Waals surface area contributed by atoms with Crippen LogP contribution in [0.4, 0.5) is 0 Å². The first-order valence-corrected chi connectivity index (χ1v) is 11.3. The van der Waals surface area contributed by atoms with Crippen LogP contribution >= 0.6 is 23.2 Å². The van der Waals surface area contributed by atoms with Gasteiger partial charge in [-0.05, 0) is 31.4 Å². The zero-order valence-corrected chi connectivity index (χ0v) is 19.3. The van der Waals surface area contributed by atoms with Gasteiger partial charge < -0.3 is 15.2 Å². The number of halogens is 2. The van der Waals surface area contributed by atoms with E-state index >= 15 is 0 Å². The molecule has 7 heteroatoms. The molecule has 2 rings (SSSR count). The molecule has 1 fully saturated rings. The van der Waals surface area contributed by atoms with Gasteiger partial charge in [-0.3, -0.25) is 9.59 Å². The highest BCUT2D eigenvalue weighted by Crippen LogP contribution is 2.39. The van der Waals surface area contributed by atoms with E-state index in [1.54, 1.807) is 6.08 Å². The fraction of sp³-hybridized carbons (Fsp3) is 0.565. The maximum absolute atomic E-state index is 12.3. The van der Waals surface area contributed by atoms with E-state index in [0.717, 1.165) is 12.0 Å². The number of nitrogens with one attached hydrogen (secondary N) is 1. The summed E-state index contributed by atoms with van der Waals surface area (Å²) in [6.07, 6.45) is 13.3. The Balaban J connectivity index is 1.89. The molecule has 166 valence electrons. The molecular weight excluding hydrogens is 425 g/mol. The molecule has 1 heterocycles. The minimum atomic E-state index is -1.24. The number of aliphatic hydroxyl groups excluding tert-OH is 1. The maximum Gasteiger partial charge on any atom is 0.244 e. The Labute approximate surface area is 188 Å². The van der Waals surface area contributed by atoms with Crippen molar-refractivity contribution in [3.05, 3.63) is 46.0 Å². The van der Waals surface area contributed by atoms with E-state index in [-0.39, 0.29) is 22.4 Å². The molecule has 0 bridgehead atoms. The lowest BCUT2D eigenvalue weighted by Crippen LogP contribution is -2.39. The summed E-state index contributed by atoms with van der Waals surface area (Å²) in [4.78, 5) is 24.0. The number of hydrogen-bond donors (Lipinski definition) is 2. The second kappa shape index (κ2) is 11.3. The van der Waals surface area contributed by atoms with Gasteiger partial charge in [0, 0.05) is 12.5 Å². The lowest BCUT2D eigenvalue weighted by molar-refractivity contribution is -0.126. The predicted octanol–water partition coefficient (Wildman–Crippen LogP) is 4.89. The SMILES string of the molecule is CCCCCCC(C)/C=C(C)/C=C/C(=O)N[C@H]1CC2(C=C(Cl)C(=O)C(Cl)=C2)OC1O. The monoisotopic (exact) mass is 455 g/mol. The Morgan fingerprint density at radius 2 is 1.97 bits per heavy atom. The van der Waals surface area contributed by atoms with E-state index < -0.39 is 23.7 Å². The third-order valence-corrected chi connectivity index (χ3v) is 5.85. The first-order valence-electron chi connectivity index (χ1n) is 10.5. The van der Waals surface area contributed by atoms with Gasteiger partial charge in [-0.2, -0.15) is 0 Å². The van der Waals surface area contributed by atoms with Gasteiger partial charge in [0.05, 0.1) is 16.1 Å². The average molecular weight is 456 g/mol. The van der Waals surface area contributed by atoms with Gasteiger partial charge in [0.2, 0.25) is 11.7 Å². The highest BCUT2D eigenvalue weighted by atomic mass is 35.5. The summed E-state index contributed by atoms with van der Waals surface area (Å²) < 4.78 is 5.56. The Morgan fingerprint density at radius 3 is 2.60 bits per heavy atom. The molecule has 1 aliphatic carbocycles. The van der Waals surface area contributed by atoms with Crippen LogP contribution in [0.5, 0.6) is 0 Å². The van der Waals surface area contributed by atoms with Crippen molar-refractivity contribution in [1.29, 1.82) is 0 Å². The number of ketones is 1. The lowest BCUT2D eigenvalue weighted by Gasteiger charge is -2.24. The first kappa shape index (κ1) is 24.9. The number of carbonyl (C=O) groups is 2. The molecule has 0 aromatic rings. The Hall–Kier alpha value is -1.40. The van der Waals surface area contributed by atoms with Crippen LogP contribution < -0.4 is 5.32 Å². The van der Waals surface area contributed by atoms with E-state index in [0.29, 0.717) is 5.92 Å². The van der Waals surface area contributed by atoms with Crippen molar-refractivity contribution in [2.24, 2.45) is 5.92 Å². The smallest absolute Gasteiger partial charge is 0.244 e. The predicted molar refractivity (Wildman–Crippen MR) is 120 cm³/mol. The molecule has 0 aromatic heterocycles. The van der Waals surface area contributed by atoms with Crippen molar-refractivity contribution in [2.45, 2.75) is 77.2 Å². The highest BCUT2D eigenvalue weighted by Gasteiger charge is 2.46. The molecule has 3 atom stereocenters. The molecule has 2 N–H and O–H groups in total. The van der Waals surface area contributed by atoms with Crippen LogP contribution in [0.25, 0.3) is 0 Å². The number of allylic oxidation sites excluding steroid dienone is 5. The summed E-state index contributed by atoms with van der Waals surface area (Å²) in [5, 5.41) is 12.8. The van der Waals surface area contributed by atoms with Gasteiger partial charge in [-0.1, -0.05) is 80.5 Å². The number of aliphatic hydroxyl groups is 1. The third kappa shape index (κ3) is 7.09. The number of rotatable bonds is 9. The molecule has 1 aliphatic heterocycles. The molecule has 0 saturated carbocycles. The molecule has 1 spiro atoms. The van der Waals surface area contributed by atoms with Crippen LogP contribution in [0.1, 0.15) is 59.3 Å². The summed E-state index contributed by atoms with van der Waals surface area (Å²) >= 11 is 11.9. The molecule has 0 radical (unpaired) electrons. The number of unbranched alkanes of at least 4 members (excludes halogenated alkanes) is 3. The second-order valence-corrected chi connectivity index (χ2v) is 8.98. The van der Waals surface area contributed by atoms with Gasteiger partial charge in [-0.15, -0.1) is 0 Å². The first-order chi connectivity index (χ1) is 14.2. The molecule has 1 amide bonds.